The van der Waals surface area contributed by atoms with Crippen molar-refractivity contribution in [2.24, 2.45) is 5.92 Å². The molecule has 1 amide bonds. The number of amides is 1. The largest absolute Gasteiger partial charge is 0.348 e. The van der Waals surface area contributed by atoms with E-state index in [2.05, 4.69) is 22.2 Å². The second-order valence-electron chi connectivity index (χ2n) is 4.67. The topological polar surface area (TPSA) is 54.9 Å². The summed E-state index contributed by atoms with van der Waals surface area (Å²) >= 11 is 5.62. The minimum absolute atomic E-state index is 0.159. The highest BCUT2D eigenvalue weighted by Crippen LogP contribution is 2.23. The maximum absolute atomic E-state index is 11.9. The Labute approximate surface area is 106 Å². The summed E-state index contributed by atoms with van der Waals surface area (Å²) in [5.41, 5.74) is 0.327. The van der Waals surface area contributed by atoms with E-state index in [4.69, 9.17) is 11.6 Å². The van der Waals surface area contributed by atoms with Gasteiger partial charge in [0.1, 0.15) is 10.8 Å². The molecule has 2 unspecified atom stereocenters. The molecule has 0 aliphatic heterocycles. The molecule has 4 nitrogen and oxygen atoms in total. The summed E-state index contributed by atoms with van der Waals surface area (Å²) in [6, 6.07) is 0.267. The molecule has 1 N–H and O–H groups in total. The Morgan fingerprint density at radius 2 is 2.24 bits per heavy atom. The molecule has 1 aliphatic rings. The van der Waals surface area contributed by atoms with Gasteiger partial charge in [0.25, 0.3) is 5.91 Å². The van der Waals surface area contributed by atoms with Gasteiger partial charge >= 0.3 is 0 Å². The summed E-state index contributed by atoms with van der Waals surface area (Å²) in [5.74, 6) is 0.526. The number of rotatable bonds is 2. The minimum Gasteiger partial charge on any atom is -0.348 e. The lowest BCUT2D eigenvalue weighted by atomic mass is 9.87. The summed E-state index contributed by atoms with van der Waals surface area (Å²) in [4.78, 5) is 19.7. The van der Waals surface area contributed by atoms with Crippen LogP contribution in [-0.4, -0.2) is 21.9 Å². The third-order valence-corrected chi connectivity index (χ3v) is 3.32. The van der Waals surface area contributed by atoms with Crippen LogP contribution in [0.3, 0.4) is 0 Å². The average molecular weight is 254 g/mol. The summed E-state index contributed by atoms with van der Waals surface area (Å²) in [7, 11) is 0. The Balaban J connectivity index is 1.94. The van der Waals surface area contributed by atoms with Crippen molar-refractivity contribution in [2.45, 2.75) is 38.6 Å². The van der Waals surface area contributed by atoms with E-state index >= 15 is 0 Å². The van der Waals surface area contributed by atoms with Gasteiger partial charge in [-0.2, -0.15) is 0 Å². The number of nitrogens with one attached hydrogen (secondary N) is 1. The fourth-order valence-electron chi connectivity index (χ4n) is 2.25. The lowest BCUT2D eigenvalue weighted by Crippen LogP contribution is -2.38. The Bertz CT molecular complexity index is 393. The summed E-state index contributed by atoms with van der Waals surface area (Å²) in [5, 5.41) is 3.30. The monoisotopic (exact) mass is 253 g/mol. The van der Waals surface area contributed by atoms with Crippen LogP contribution in [0.4, 0.5) is 0 Å². The van der Waals surface area contributed by atoms with Gasteiger partial charge in [-0.25, -0.2) is 9.97 Å². The van der Waals surface area contributed by atoms with Crippen LogP contribution in [0, 0.1) is 5.92 Å². The normalized spacial score (nSPS) is 24.4. The van der Waals surface area contributed by atoms with E-state index in [0.29, 0.717) is 16.8 Å². The molecule has 1 aliphatic carbocycles. The van der Waals surface area contributed by atoms with Gasteiger partial charge < -0.3 is 5.32 Å². The van der Waals surface area contributed by atoms with Crippen LogP contribution in [0.1, 0.15) is 43.1 Å². The third kappa shape index (κ3) is 3.40. The van der Waals surface area contributed by atoms with Gasteiger partial charge in [-0.15, -0.1) is 0 Å². The molecule has 1 aromatic heterocycles. The van der Waals surface area contributed by atoms with Crippen LogP contribution in [0.15, 0.2) is 12.4 Å². The third-order valence-electron chi connectivity index (χ3n) is 3.12. The maximum atomic E-state index is 11.9. The van der Waals surface area contributed by atoms with Crippen molar-refractivity contribution < 1.29 is 4.79 Å². The molecule has 1 heterocycles. The number of hydrogen-bond acceptors (Lipinski definition) is 3. The van der Waals surface area contributed by atoms with Crippen LogP contribution < -0.4 is 5.32 Å². The molecule has 5 heteroatoms. The van der Waals surface area contributed by atoms with Gasteiger partial charge in [-0.05, 0) is 18.8 Å². The number of halogens is 1. The second-order valence-corrected chi connectivity index (χ2v) is 5.05. The Kier molecular flexibility index (Phi) is 3.94. The predicted molar refractivity (Wildman–Crippen MR) is 65.9 cm³/mol. The van der Waals surface area contributed by atoms with Gasteiger partial charge in [0, 0.05) is 6.04 Å². The fraction of sp³-hybridized carbons (Fsp3) is 0.583. The van der Waals surface area contributed by atoms with E-state index in [0.717, 1.165) is 12.8 Å². The zero-order chi connectivity index (χ0) is 12.3. The van der Waals surface area contributed by atoms with E-state index in [9.17, 15) is 4.79 Å². The van der Waals surface area contributed by atoms with Crippen LogP contribution in [0.25, 0.3) is 0 Å². The number of aromatic nitrogens is 2. The summed E-state index contributed by atoms with van der Waals surface area (Å²) in [6.45, 7) is 2.22. The molecular formula is C12H16ClN3O. The molecule has 1 fully saturated rings. The Hall–Kier alpha value is -1.16. The standard InChI is InChI=1S/C12H16ClN3O/c1-8-3-2-4-9(5-8)16-12(17)10-6-15-11(13)7-14-10/h6-9H,2-5H2,1H3,(H,16,17). The Morgan fingerprint density at radius 1 is 1.41 bits per heavy atom. The zero-order valence-corrected chi connectivity index (χ0v) is 10.6. The molecule has 92 valence electrons. The first kappa shape index (κ1) is 12.3. The van der Waals surface area contributed by atoms with E-state index < -0.39 is 0 Å². The molecule has 0 saturated heterocycles. The van der Waals surface area contributed by atoms with Crippen LogP contribution in [0.2, 0.25) is 5.15 Å². The molecule has 0 spiro atoms. The molecule has 0 radical (unpaired) electrons. The van der Waals surface area contributed by atoms with Crippen LogP contribution >= 0.6 is 11.6 Å². The maximum Gasteiger partial charge on any atom is 0.271 e. The zero-order valence-electron chi connectivity index (χ0n) is 9.82. The molecule has 2 atom stereocenters. The number of carbonyl (C=O) groups is 1. The first-order chi connectivity index (χ1) is 8.15. The van der Waals surface area contributed by atoms with E-state index in [1.807, 2.05) is 0 Å². The number of nitrogens with zero attached hydrogens (tertiary/aromatic N) is 2. The van der Waals surface area contributed by atoms with Gasteiger partial charge in [0.05, 0.1) is 12.4 Å². The lowest BCUT2D eigenvalue weighted by Gasteiger charge is -2.27. The average Bonchev–Trinajstić information content (AvgIpc) is 2.29. The van der Waals surface area contributed by atoms with Crippen molar-refractivity contribution in [1.29, 1.82) is 0 Å². The van der Waals surface area contributed by atoms with E-state index in [1.165, 1.54) is 25.2 Å². The van der Waals surface area contributed by atoms with E-state index in [1.54, 1.807) is 0 Å². The first-order valence-electron chi connectivity index (χ1n) is 5.93. The van der Waals surface area contributed by atoms with Crippen molar-refractivity contribution in [1.82, 2.24) is 15.3 Å². The molecule has 1 saturated carbocycles. The number of carbonyl (C=O) groups excluding carboxylic acids is 1. The van der Waals surface area contributed by atoms with Gasteiger partial charge in [0.15, 0.2) is 0 Å². The highest BCUT2D eigenvalue weighted by molar-refractivity contribution is 6.29. The molecule has 1 aromatic rings. The van der Waals surface area contributed by atoms with Crippen molar-refractivity contribution in [3.8, 4) is 0 Å². The van der Waals surface area contributed by atoms with E-state index in [-0.39, 0.29) is 11.9 Å². The molecular weight excluding hydrogens is 238 g/mol. The van der Waals surface area contributed by atoms with Crippen LogP contribution in [-0.2, 0) is 0 Å². The number of hydrogen-bond donors (Lipinski definition) is 1. The highest BCUT2D eigenvalue weighted by Gasteiger charge is 2.21. The summed E-state index contributed by atoms with van der Waals surface area (Å²) < 4.78 is 0. The highest BCUT2D eigenvalue weighted by atomic mass is 35.5. The first-order valence-corrected chi connectivity index (χ1v) is 6.31. The van der Waals surface area contributed by atoms with Crippen molar-refractivity contribution in [3.63, 3.8) is 0 Å². The van der Waals surface area contributed by atoms with Gasteiger partial charge in [-0.3, -0.25) is 4.79 Å². The minimum atomic E-state index is -0.159. The van der Waals surface area contributed by atoms with Gasteiger partial charge in [0.2, 0.25) is 0 Å². The second kappa shape index (κ2) is 5.45. The summed E-state index contributed by atoms with van der Waals surface area (Å²) in [6.07, 6.45) is 7.33. The van der Waals surface area contributed by atoms with Gasteiger partial charge in [-0.1, -0.05) is 31.4 Å². The molecule has 2 rings (SSSR count). The fourth-order valence-corrected chi connectivity index (χ4v) is 2.35. The lowest BCUT2D eigenvalue weighted by molar-refractivity contribution is 0.0916. The molecule has 17 heavy (non-hydrogen) atoms. The Morgan fingerprint density at radius 3 is 2.88 bits per heavy atom. The smallest absolute Gasteiger partial charge is 0.271 e. The van der Waals surface area contributed by atoms with Crippen LogP contribution in [0.5, 0.6) is 0 Å². The molecule has 0 bridgehead atoms. The van der Waals surface area contributed by atoms with Crippen molar-refractivity contribution in [2.75, 3.05) is 0 Å². The quantitative estimate of drug-likeness (QED) is 0.881. The van der Waals surface area contributed by atoms with Crippen molar-refractivity contribution in [3.05, 3.63) is 23.2 Å². The predicted octanol–water partition coefficient (Wildman–Crippen LogP) is 2.44. The SMILES string of the molecule is CC1CCCC(NC(=O)c2cnc(Cl)cn2)C1. The van der Waals surface area contributed by atoms with Crippen molar-refractivity contribution >= 4 is 17.5 Å². The molecule has 0 aromatic carbocycles.